The molecular formula is C28H32ClN9O. The van der Waals surface area contributed by atoms with E-state index in [-0.39, 0.29) is 12.1 Å². The van der Waals surface area contributed by atoms with Crippen LogP contribution < -0.4 is 20.2 Å². The van der Waals surface area contributed by atoms with E-state index in [1.54, 1.807) is 12.4 Å². The molecule has 0 bridgehead atoms. The molecule has 3 aromatic heterocycles. The Bertz CT molecular complexity index is 1570. The molecule has 2 atom stereocenters. The van der Waals surface area contributed by atoms with E-state index < -0.39 is 0 Å². The van der Waals surface area contributed by atoms with Crippen LogP contribution in [0.2, 0.25) is 5.02 Å². The number of para-hydroxylation sites is 2. The van der Waals surface area contributed by atoms with Crippen molar-refractivity contribution in [2.24, 2.45) is 0 Å². The molecule has 1 unspecified atom stereocenters. The molecule has 0 saturated carbocycles. The zero-order valence-electron chi connectivity index (χ0n) is 22.8. The molecule has 10 nitrogen and oxygen atoms in total. The zero-order valence-corrected chi connectivity index (χ0v) is 23.5. The molecule has 6 rings (SSSR count). The summed E-state index contributed by atoms with van der Waals surface area (Å²) >= 11 is 6.27. The molecule has 39 heavy (non-hydrogen) atoms. The Kier molecular flexibility index (Phi) is 6.62. The number of pyridine rings is 1. The average Bonchev–Trinajstić information content (AvgIpc) is 3.46. The monoisotopic (exact) mass is 545 g/mol. The van der Waals surface area contributed by atoms with E-state index in [0.29, 0.717) is 24.2 Å². The minimum atomic E-state index is -0.00505. The number of nitrogens with zero attached hydrogens (tertiary/aromatic N) is 8. The second-order valence-corrected chi connectivity index (χ2v) is 10.6. The maximum absolute atomic E-state index is 6.27. The lowest BCUT2D eigenvalue weighted by molar-refractivity contribution is 0.0985. The van der Waals surface area contributed by atoms with Gasteiger partial charge in [-0.05, 0) is 39.0 Å². The maximum Gasteiger partial charge on any atom is 0.239 e. The summed E-state index contributed by atoms with van der Waals surface area (Å²) in [5, 5.41) is 2.61. The Morgan fingerprint density at radius 1 is 1.08 bits per heavy atom. The second kappa shape index (κ2) is 10.1. The quantitative estimate of drug-likeness (QED) is 0.394. The van der Waals surface area contributed by atoms with E-state index in [1.165, 1.54) is 0 Å². The van der Waals surface area contributed by atoms with Crippen LogP contribution in [0.3, 0.4) is 0 Å². The SMILES string of the molecule is CC1=C(c2cc(N3CCOC[C@H]3C)nc(-n3c(N(C)C)nc4ccccc43)n2)C(C)NN1c1cncc(Cl)c1. The van der Waals surface area contributed by atoms with Crippen molar-refractivity contribution in [3.8, 4) is 5.95 Å². The van der Waals surface area contributed by atoms with Crippen molar-refractivity contribution in [3.63, 3.8) is 0 Å². The predicted octanol–water partition coefficient (Wildman–Crippen LogP) is 4.30. The van der Waals surface area contributed by atoms with E-state index in [9.17, 15) is 0 Å². The lowest BCUT2D eigenvalue weighted by Crippen LogP contribution is -2.44. The highest BCUT2D eigenvalue weighted by Gasteiger charge is 2.31. The van der Waals surface area contributed by atoms with Gasteiger partial charge in [-0.3, -0.25) is 9.99 Å². The minimum Gasteiger partial charge on any atom is -0.377 e. The molecule has 1 aromatic carbocycles. The van der Waals surface area contributed by atoms with E-state index in [0.717, 1.165) is 52.0 Å². The number of nitrogens with one attached hydrogen (secondary N) is 1. The molecule has 0 amide bonds. The number of hydrazine groups is 1. The molecule has 0 aliphatic carbocycles. The van der Waals surface area contributed by atoms with Gasteiger partial charge in [0.05, 0.1) is 58.9 Å². The van der Waals surface area contributed by atoms with Gasteiger partial charge >= 0.3 is 0 Å². The first-order valence-electron chi connectivity index (χ1n) is 13.1. The van der Waals surface area contributed by atoms with Crippen LogP contribution in [0.5, 0.6) is 0 Å². The van der Waals surface area contributed by atoms with Gasteiger partial charge in [-0.1, -0.05) is 23.7 Å². The number of morpholine rings is 1. The first-order valence-corrected chi connectivity index (χ1v) is 13.5. The standard InChI is InChI=1S/C28H32ClN9O/c1-17-16-39-11-10-36(17)25-13-23(26-18(2)34-38(19(26)3)21-12-20(29)14-30-15-21)31-27(33-25)37-24-9-7-6-8-22(24)32-28(37)35(4)5/h6-9,12-15,17-18,34H,10-11,16H2,1-5H3/t17-,18?/m1/s1. The van der Waals surface area contributed by atoms with E-state index in [4.69, 9.17) is 31.3 Å². The number of allylic oxidation sites excluding steroid dienone is 1. The third kappa shape index (κ3) is 4.58. The Balaban J connectivity index is 1.56. The highest BCUT2D eigenvalue weighted by Crippen LogP contribution is 2.35. The summed E-state index contributed by atoms with van der Waals surface area (Å²) in [6.45, 7) is 8.45. The number of imidazole rings is 1. The van der Waals surface area contributed by atoms with Gasteiger partial charge < -0.3 is 14.5 Å². The van der Waals surface area contributed by atoms with Crippen molar-refractivity contribution >= 4 is 45.7 Å². The number of benzene rings is 1. The summed E-state index contributed by atoms with van der Waals surface area (Å²) in [5.41, 5.74) is 9.23. The van der Waals surface area contributed by atoms with Crippen molar-refractivity contribution in [2.75, 3.05) is 48.7 Å². The molecule has 1 saturated heterocycles. The molecule has 4 aromatic rings. The Labute approximate surface area is 232 Å². The van der Waals surface area contributed by atoms with E-state index in [2.05, 4.69) is 48.2 Å². The lowest BCUT2D eigenvalue weighted by atomic mass is 10.0. The van der Waals surface area contributed by atoms with Crippen LogP contribution in [0.4, 0.5) is 17.5 Å². The normalized spacial score (nSPS) is 19.8. The summed E-state index contributed by atoms with van der Waals surface area (Å²) in [5.74, 6) is 2.21. The van der Waals surface area contributed by atoms with Crippen LogP contribution in [0.15, 0.2) is 54.5 Å². The van der Waals surface area contributed by atoms with Crippen LogP contribution in [-0.2, 0) is 4.74 Å². The number of aromatic nitrogens is 5. The Hall–Kier alpha value is -3.73. The summed E-state index contributed by atoms with van der Waals surface area (Å²) in [6.07, 6.45) is 3.43. The molecule has 1 fully saturated rings. The average molecular weight is 546 g/mol. The van der Waals surface area contributed by atoms with Crippen LogP contribution in [-0.4, -0.2) is 70.4 Å². The van der Waals surface area contributed by atoms with Crippen molar-refractivity contribution in [3.05, 3.63) is 65.2 Å². The number of rotatable bonds is 5. The first-order chi connectivity index (χ1) is 18.8. The van der Waals surface area contributed by atoms with Crippen LogP contribution in [0.1, 0.15) is 26.5 Å². The van der Waals surface area contributed by atoms with Crippen molar-refractivity contribution in [2.45, 2.75) is 32.9 Å². The highest BCUT2D eigenvalue weighted by molar-refractivity contribution is 6.30. The maximum atomic E-state index is 6.27. The fourth-order valence-electron chi connectivity index (χ4n) is 5.37. The van der Waals surface area contributed by atoms with E-state index in [1.807, 2.05) is 52.8 Å². The third-order valence-electron chi connectivity index (χ3n) is 7.21. The van der Waals surface area contributed by atoms with Gasteiger partial charge in [0.15, 0.2) is 0 Å². The molecule has 1 N–H and O–H groups in total. The van der Waals surface area contributed by atoms with Crippen LogP contribution >= 0.6 is 11.6 Å². The molecule has 11 heteroatoms. The molecule has 0 spiro atoms. The van der Waals surface area contributed by atoms with Crippen molar-refractivity contribution in [1.82, 2.24) is 29.9 Å². The number of anilines is 3. The van der Waals surface area contributed by atoms with Crippen LogP contribution in [0.25, 0.3) is 22.6 Å². The van der Waals surface area contributed by atoms with Gasteiger partial charge in [0.1, 0.15) is 5.82 Å². The number of halogens is 1. The Morgan fingerprint density at radius 2 is 1.90 bits per heavy atom. The van der Waals surface area contributed by atoms with Gasteiger partial charge in [0.25, 0.3) is 0 Å². The van der Waals surface area contributed by atoms with E-state index >= 15 is 0 Å². The molecule has 2 aliphatic heterocycles. The summed E-state index contributed by atoms with van der Waals surface area (Å²) in [7, 11) is 3.97. The number of ether oxygens (including phenoxy) is 1. The van der Waals surface area contributed by atoms with Gasteiger partial charge in [-0.25, -0.2) is 20.0 Å². The van der Waals surface area contributed by atoms with Gasteiger partial charge in [0, 0.05) is 44.2 Å². The Morgan fingerprint density at radius 3 is 2.67 bits per heavy atom. The molecule has 5 heterocycles. The van der Waals surface area contributed by atoms with Gasteiger partial charge in [0.2, 0.25) is 11.9 Å². The lowest BCUT2D eigenvalue weighted by Gasteiger charge is -2.34. The topological polar surface area (TPSA) is 87.5 Å². The minimum absolute atomic E-state index is 0.00505. The fraction of sp³-hybridized carbons (Fsp3) is 0.357. The van der Waals surface area contributed by atoms with Crippen molar-refractivity contribution < 1.29 is 4.74 Å². The summed E-state index contributed by atoms with van der Waals surface area (Å²) in [4.78, 5) is 23.8. The predicted molar refractivity (Wildman–Crippen MR) is 156 cm³/mol. The smallest absolute Gasteiger partial charge is 0.239 e. The van der Waals surface area contributed by atoms with Crippen LogP contribution in [0, 0.1) is 0 Å². The summed E-state index contributed by atoms with van der Waals surface area (Å²) < 4.78 is 7.77. The molecule has 202 valence electrons. The number of hydrogen-bond acceptors (Lipinski definition) is 9. The highest BCUT2D eigenvalue weighted by atomic mass is 35.5. The summed E-state index contributed by atoms with van der Waals surface area (Å²) in [6, 6.07) is 12.3. The van der Waals surface area contributed by atoms with Crippen molar-refractivity contribution in [1.29, 1.82) is 0 Å². The number of hydrogen-bond donors (Lipinski definition) is 1. The largest absolute Gasteiger partial charge is 0.377 e. The van der Waals surface area contributed by atoms with Gasteiger partial charge in [-0.15, -0.1) is 0 Å². The zero-order chi connectivity index (χ0) is 27.3. The molecular weight excluding hydrogens is 514 g/mol. The van der Waals surface area contributed by atoms with Gasteiger partial charge in [-0.2, -0.15) is 4.98 Å². The fourth-order valence-corrected chi connectivity index (χ4v) is 5.54. The second-order valence-electron chi connectivity index (χ2n) is 10.2. The molecule has 2 aliphatic rings. The third-order valence-corrected chi connectivity index (χ3v) is 7.42. The number of fused-ring (bicyclic) bond motifs is 1. The molecule has 0 radical (unpaired) electrons. The first kappa shape index (κ1) is 25.5.